The third kappa shape index (κ3) is 3.33. The van der Waals surface area contributed by atoms with Crippen LogP contribution in [0.4, 0.5) is 0 Å². The van der Waals surface area contributed by atoms with E-state index in [2.05, 4.69) is 10.6 Å². The van der Waals surface area contributed by atoms with Gasteiger partial charge in [-0.15, -0.1) is 0 Å². The van der Waals surface area contributed by atoms with E-state index in [1.165, 1.54) is 0 Å². The monoisotopic (exact) mass is 290 g/mol. The van der Waals surface area contributed by atoms with Crippen LogP contribution in [0.5, 0.6) is 5.75 Å². The minimum atomic E-state index is -0.839. The summed E-state index contributed by atoms with van der Waals surface area (Å²) < 4.78 is 5.40. The van der Waals surface area contributed by atoms with E-state index in [1.807, 2.05) is 12.1 Å². The number of fused-ring (bicyclic) bond motifs is 1. The Kier molecular flexibility index (Phi) is 3.79. The molecule has 6 heteroatoms. The fraction of sp³-hybridized carbons (Fsp3) is 0.467. The van der Waals surface area contributed by atoms with Gasteiger partial charge in [0.1, 0.15) is 5.75 Å². The van der Waals surface area contributed by atoms with Crippen LogP contribution in [0.15, 0.2) is 18.2 Å². The summed E-state index contributed by atoms with van der Waals surface area (Å²) in [5.41, 5.74) is 1.77. The number of rotatable bonds is 4. The van der Waals surface area contributed by atoms with Gasteiger partial charge in [0.05, 0.1) is 12.7 Å². The van der Waals surface area contributed by atoms with Gasteiger partial charge in [-0.2, -0.15) is 0 Å². The summed E-state index contributed by atoms with van der Waals surface area (Å²) in [4.78, 5) is 23.0. The molecule has 1 aromatic carbocycles. The van der Waals surface area contributed by atoms with Crippen molar-refractivity contribution in [3.8, 4) is 5.75 Å². The van der Waals surface area contributed by atoms with Gasteiger partial charge in [-0.25, -0.2) is 0 Å². The fourth-order valence-corrected chi connectivity index (χ4v) is 2.28. The maximum Gasteiger partial charge on any atom is 0.309 e. The first-order valence-corrected chi connectivity index (χ1v) is 7.16. The zero-order chi connectivity index (χ0) is 14.8. The second-order valence-corrected chi connectivity index (χ2v) is 5.44. The number of aliphatic hydroxyl groups is 1. The number of nitrogens with one attached hydrogen (secondary N) is 2. The van der Waals surface area contributed by atoms with Crippen LogP contribution >= 0.6 is 0 Å². The van der Waals surface area contributed by atoms with E-state index in [0.29, 0.717) is 12.2 Å². The number of aliphatic hydroxyl groups excluding tert-OH is 1. The zero-order valence-electron chi connectivity index (χ0n) is 11.6. The van der Waals surface area contributed by atoms with Crippen molar-refractivity contribution in [2.45, 2.75) is 31.4 Å². The highest BCUT2D eigenvalue weighted by atomic mass is 16.5. The molecule has 1 unspecified atom stereocenters. The van der Waals surface area contributed by atoms with Crippen molar-refractivity contribution in [3.05, 3.63) is 29.3 Å². The van der Waals surface area contributed by atoms with Crippen LogP contribution in [0.1, 0.15) is 30.1 Å². The Bertz CT molecular complexity index is 569. The van der Waals surface area contributed by atoms with E-state index in [4.69, 9.17) is 4.74 Å². The molecule has 0 spiro atoms. The summed E-state index contributed by atoms with van der Waals surface area (Å²) >= 11 is 0. The summed E-state index contributed by atoms with van der Waals surface area (Å²) in [6.07, 6.45) is 1.84. The highest BCUT2D eigenvalue weighted by Crippen LogP contribution is 2.28. The van der Waals surface area contributed by atoms with Crippen molar-refractivity contribution in [3.63, 3.8) is 0 Å². The molecule has 1 aliphatic carbocycles. The molecule has 0 aromatic heterocycles. The Morgan fingerprint density at radius 2 is 2.14 bits per heavy atom. The summed E-state index contributed by atoms with van der Waals surface area (Å²) in [5, 5.41) is 15.1. The molecule has 2 amide bonds. The molecule has 112 valence electrons. The minimum Gasteiger partial charge on any atom is -0.493 e. The van der Waals surface area contributed by atoms with Gasteiger partial charge < -0.3 is 20.5 Å². The fourth-order valence-electron chi connectivity index (χ4n) is 2.28. The van der Waals surface area contributed by atoms with Gasteiger partial charge >= 0.3 is 11.8 Å². The maximum atomic E-state index is 11.6. The predicted octanol–water partition coefficient (Wildman–Crippen LogP) is 0.0497. The Morgan fingerprint density at radius 3 is 2.90 bits per heavy atom. The SMILES string of the molecule is O=C(NCC(O)c1ccc2c(c1)CCO2)C(=O)NC1CC1. The van der Waals surface area contributed by atoms with Crippen LogP contribution in [-0.2, 0) is 16.0 Å². The molecule has 1 aliphatic heterocycles. The largest absolute Gasteiger partial charge is 0.493 e. The second-order valence-electron chi connectivity index (χ2n) is 5.44. The Morgan fingerprint density at radius 1 is 1.33 bits per heavy atom. The molecule has 1 heterocycles. The third-order valence-electron chi connectivity index (χ3n) is 3.67. The molecule has 0 bridgehead atoms. The molecule has 6 nitrogen and oxygen atoms in total. The van der Waals surface area contributed by atoms with Gasteiger partial charge in [-0.1, -0.05) is 6.07 Å². The van der Waals surface area contributed by atoms with Gasteiger partial charge in [0.25, 0.3) is 0 Å². The van der Waals surface area contributed by atoms with Crippen molar-refractivity contribution in [2.75, 3.05) is 13.2 Å². The predicted molar refractivity (Wildman–Crippen MR) is 74.8 cm³/mol. The summed E-state index contributed by atoms with van der Waals surface area (Å²) in [6, 6.07) is 5.61. The standard InChI is InChI=1S/C15H18N2O4/c18-12(8-16-14(19)15(20)17-11-2-3-11)9-1-4-13-10(7-9)5-6-21-13/h1,4,7,11-12,18H,2-3,5-6,8H2,(H,16,19)(H,17,20). The van der Waals surface area contributed by atoms with Crippen molar-refractivity contribution >= 4 is 11.8 Å². The lowest BCUT2D eigenvalue weighted by Gasteiger charge is -2.13. The molecule has 1 atom stereocenters. The van der Waals surface area contributed by atoms with E-state index in [1.54, 1.807) is 6.07 Å². The van der Waals surface area contributed by atoms with Gasteiger partial charge in [0, 0.05) is 19.0 Å². The van der Waals surface area contributed by atoms with E-state index < -0.39 is 17.9 Å². The Balaban J connectivity index is 1.52. The molecule has 0 radical (unpaired) electrons. The molecule has 3 rings (SSSR count). The van der Waals surface area contributed by atoms with E-state index in [0.717, 1.165) is 30.6 Å². The maximum absolute atomic E-state index is 11.6. The zero-order valence-corrected chi connectivity index (χ0v) is 11.6. The molecule has 3 N–H and O–H groups in total. The number of benzene rings is 1. The van der Waals surface area contributed by atoms with E-state index in [9.17, 15) is 14.7 Å². The molecular formula is C15H18N2O4. The highest BCUT2D eigenvalue weighted by molar-refractivity contribution is 6.35. The number of carbonyl (C=O) groups is 2. The summed E-state index contributed by atoms with van der Waals surface area (Å²) in [6.45, 7) is 0.670. The van der Waals surface area contributed by atoms with Crippen molar-refractivity contribution in [2.24, 2.45) is 0 Å². The summed E-state index contributed by atoms with van der Waals surface area (Å²) in [7, 11) is 0. The average Bonchev–Trinajstić information content (AvgIpc) is 3.17. The molecule has 1 aromatic rings. The molecule has 1 fully saturated rings. The van der Waals surface area contributed by atoms with E-state index in [-0.39, 0.29) is 12.6 Å². The topological polar surface area (TPSA) is 87.7 Å². The number of carbonyl (C=O) groups excluding carboxylic acids is 2. The molecule has 1 saturated carbocycles. The number of ether oxygens (including phenoxy) is 1. The molecule has 21 heavy (non-hydrogen) atoms. The number of hydrogen-bond donors (Lipinski definition) is 3. The minimum absolute atomic E-state index is 0.0105. The third-order valence-corrected chi connectivity index (χ3v) is 3.67. The Hall–Kier alpha value is -2.08. The second kappa shape index (κ2) is 5.73. The first kappa shape index (κ1) is 13.9. The van der Waals surface area contributed by atoms with Crippen molar-refractivity contribution in [1.29, 1.82) is 0 Å². The number of hydrogen-bond acceptors (Lipinski definition) is 4. The van der Waals surface area contributed by atoms with Crippen LogP contribution in [0.2, 0.25) is 0 Å². The van der Waals surface area contributed by atoms with Crippen LogP contribution in [-0.4, -0.2) is 36.1 Å². The van der Waals surface area contributed by atoms with Crippen LogP contribution in [0, 0.1) is 0 Å². The van der Waals surface area contributed by atoms with Gasteiger partial charge in [-0.3, -0.25) is 9.59 Å². The van der Waals surface area contributed by atoms with Crippen LogP contribution < -0.4 is 15.4 Å². The quantitative estimate of drug-likeness (QED) is 0.684. The van der Waals surface area contributed by atoms with Crippen LogP contribution in [0.25, 0.3) is 0 Å². The van der Waals surface area contributed by atoms with Crippen molar-refractivity contribution in [1.82, 2.24) is 10.6 Å². The summed E-state index contributed by atoms with van der Waals surface area (Å²) in [5.74, 6) is -0.490. The molecule has 0 saturated heterocycles. The van der Waals surface area contributed by atoms with Crippen LogP contribution in [0.3, 0.4) is 0 Å². The van der Waals surface area contributed by atoms with E-state index >= 15 is 0 Å². The smallest absolute Gasteiger partial charge is 0.309 e. The molecular weight excluding hydrogens is 272 g/mol. The Labute approximate surface area is 122 Å². The first-order valence-electron chi connectivity index (χ1n) is 7.16. The highest BCUT2D eigenvalue weighted by Gasteiger charge is 2.26. The van der Waals surface area contributed by atoms with Crippen molar-refractivity contribution < 1.29 is 19.4 Å². The normalized spacial score (nSPS) is 17.6. The van der Waals surface area contributed by atoms with Gasteiger partial charge in [0.15, 0.2) is 0 Å². The lowest BCUT2D eigenvalue weighted by Crippen LogP contribution is -2.42. The van der Waals surface area contributed by atoms with Gasteiger partial charge in [0.2, 0.25) is 0 Å². The number of amides is 2. The molecule has 2 aliphatic rings. The van der Waals surface area contributed by atoms with Gasteiger partial charge in [-0.05, 0) is 36.1 Å². The lowest BCUT2D eigenvalue weighted by molar-refractivity contribution is -0.139. The average molecular weight is 290 g/mol. The lowest BCUT2D eigenvalue weighted by atomic mass is 10.0. The first-order chi connectivity index (χ1) is 10.1.